The van der Waals surface area contributed by atoms with E-state index in [2.05, 4.69) is 36.2 Å². The summed E-state index contributed by atoms with van der Waals surface area (Å²) in [6.07, 6.45) is 5.01. The Morgan fingerprint density at radius 1 is 1.45 bits per heavy atom. The van der Waals surface area contributed by atoms with Gasteiger partial charge in [-0.05, 0) is 28.1 Å². The second-order valence-corrected chi connectivity index (χ2v) is 5.43. The number of nitrogens with two attached hydrogens (primary N) is 1. The van der Waals surface area contributed by atoms with Crippen molar-refractivity contribution in [1.29, 1.82) is 0 Å². The highest BCUT2D eigenvalue weighted by molar-refractivity contribution is 9.10. The van der Waals surface area contributed by atoms with Crippen LogP contribution in [0.25, 0.3) is 16.6 Å². The van der Waals surface area contributed by atoms with E-state index in [-0.39, 0.29) is 0 Å². The van der Waals surface area contributed by atoms with E-state index in [1.807, 2.05) is 18.2 Å². The molecular weight excluding hydrogens is 318 g/mol. The Bertz CT molecular complexity index is 691. The van der Waals surface area contributed by atoms with Crippen LogP contribution in [0.3, 0.4) is 0 Å². The number of nitrogens with zero attached hydrogens (tertiary/aromatic N) is 3. The molecule has 0 aliphatic carbocycles. The maximum Gasteiger partial charge on any atom is 0.104 e. The van der Waals surface area contributed by atoms with Crippen LogP contribution in [0.4, 0.5) is 0 Å². The van der Waals surface area contributed by atoms with Gasteiger partial charge < -0.3 is 11.1 Å². The Morgan fingerprint density at radius 3 is 3.00 bits per heavy atom. The average molecular weight is 332 g/mol. The lowest BCUT2D eigenvalue weighted by atomic mass is 10.2. The van der Waals surface area contributed by atoms with Crippen molar-refractivity contribution < 1.29 is 0 Å². The average Bonchev–Trinajstić information content (AvgIpc) is 2.42. The van der Waals surface area contributed by atoms with Gasteiger partial charge in [-0.25, -0.2) is 4.98 Å². The summed E-state index contributed by atoms with van der Waals surface area (Å²) in [6, 6.07) is 6.15. The quantitative estimate of drug-likeness (QED) is 0.840. The van der Waals surface area contributed by atoms with Crippen LogP contribution < -0.4 is 11.1 Å². The molecule has 20 heavy (non-hydrogen) atoms. The van der Waals surface area contributed by atoms with Gasteiger partial charge in [0.25, 0.3) is 0 Å². The fraction of sp³-hybridized carbons (Fsp3) is 0.214. The van der Waals surface area contributed by atoms with Crippen LogP contribution in [0, 0.1) is 0 Å². The van der Waals surface area contributed by atoms with Crippen molar-refractivity contribution in [3.05, 3.63) is 40.8 Å². The molecule has 1 aliphatic heterocycles. The number of fused-ring (bicyclic) bond motifs is 1. The van der Waals surface area contributed by atoms with Gasteiger partial charge in [-0.15, -0.1) is 0 Å². The van der Waals surface area contributed by atoms with Gasteiger partial charge in [-0.2, -0.15) is 0 Å². The molecule has 0 radical (unpaired) electrons. The zero-order valence-electron chi connectivity index (χ0n) is 10.8. The lowest BCUT2D eigenvalue weighted by Gasteiger charge is -2.22. The minimum Gasteiger partial charge on any atom is -0.404 e. The molecular formula is C14H14BrN5. The third kappa shape index (κ3) is 2.57. The third-order valence-corrected chi connectivity index (χ3v) is 3.82. The van der Waals surface area contributed by atoms with Gasteiger partial charge in [0.15, 0.2) is 0 Å². The Hall–Kier alpha value is -1.79. The third-order valence-electron chi connectivity index (χ3n) is 3.18. The summed E-state index contributed by atoms with van der Waals surface area (Å²) in [7, 11) is 0. The number of benzene rings is 1. The molecule has 0 atom stereocenters. The van der Waals surface area contributed by atoms with Gasteiger partial charge in [-0.3, -0.25) is 9.98 Å². The Morgan fingerprint density at radius 2 is 2.30 bits per heavy atom. The summed E-state index contributed by atoms with van der Waals surface area (Å²) >= 11 is 3.49. The van der Waals surface area contributed by atoms with Gasteiger partial charge in [0.2, 0.25) is 0 Å². The van der Waals surface area contributed by atoms with E-state index in [0.29, 0.717) is 6.04 Å². The number of rotatable bonds is 3. The first-order chi connectivity index (χ1) is 9.78. The second kappa shape index (κ2) is 5.68. The van der Waals surface area contributed by atoms with E-state index in [0.717, 1.165) is 39.9 Å². The summed E-state index contributed by atoms with van der Waals surface area (Å²) in [6.45, 7) is 1.84. The van der Waals surface area contributed by atoms with Crippen LogP contribution in [-0.2, 0) is 0 Å². The SMILES string of the molecule is NC=C(C=NC1CNC1)c1cnc2cccc(Br)c2n1. The molecule has 1 aromatic carbocycles. The molecule has 1 saturated heterocycles. The van der Waals surface area contributed by atoms with Gasteiger partial charge in [0, 0.05) is 35.5 Å². The fourth-order valence-corrected chi connectivity index (χ4v) is 2.34. The number of nitrogens with one attached hydrogen (secondary N) is 1. The van der Waals surface area contributed by atoms with E-state index in [1.165, 1.54) is 6.20 Å². The molecule has 3 N–H and O–H groups in total. The van der Waals surface area contributed by atoms with Gasteiger partial charge in [-0.1, -0.05) is 6.07 Å². The molecule has 2 heterocycles. The monoisotopic (exact) mass is 331 g/mol. The molecule has 2 aromatic rings. The summed E-state index contributed by atoms with van der Waals surface area (Å²) in [5.74, 6) is 0. The Labute approximate surface area is 125 Å². The van der Waals surface area contributed by atoms with Gasteiger partial charge in [0.05, 0.1) is 23.4 Å². The zero-order valence-corrected chi connectivity index (χ0v) is 12.3. The molecule has 0 unspecified atom stereocenters. The zero-order chi connectivity index (χ0) is 13.9. The minimum absolute atomic E-state index is 0.338. The van der Waals surface area contributed by atoms with Crippen molar-refractivity contribution in [1.82, 2.24) is 15.3 Å². The molecule has 0 saturated carbocycles. The fourth-order valence-electron chi connectivity index (χ4n) is 1.90. The number of para-hydroxylation sites is 1. The maximum atomic E-state index is 5.68. The molecule has 5 nitrogen and oxygen atoms in total. The van der Waals surface area contributed by atoms with Crippen molar-refractivity contribution in [2.75, 3.05) is 13.1 Å². The molecule has 1 fully saturated rings. The highest BCUT2D eigenvalue weighted by Gasteiger charge is 2.14. The van der Waals surface area contributed by atoms with Crippen LogP contribution in [0.1, 0.15) is 5.69 Å². The predicted molar refractivity (Wildman–Crippen MR) is 84.6 cm³/mol. The predicted octanol–water partition coefficient (Wildman–Crippen LogP) is 1.73. The van der Waals surface area contributed by atoms with Crippen LogP contribution in [-0.4, -0.2) is 35.3 Å². The topological polar surface area (TPSA) is 76.2 Å². The second-order valence-electron chi connectivity index (χ2n) is 4.58. The normalized spacial score (nSPS) is 16.8. The van der Waals surface area contributed by atoms with Crippen molar-refractivity contribution >= 4 is 38.8 Å². The van der Waals surface area contributed by atoms with Crippen molar-refractivity contribution in [2.24, 2.45) is 10.7 Å². The van der Waals surface area contributed by atoms with Crippen LogP contribution in [0.2, 0.25) is 0 Å². The first-order valence-corrected chi connectivity index (χ1v) is 7.14. The smallest absolute Gasteiger partial charge is 0.104 e. The first kappa shape index (κ1) is 13.2. The van der Waals surface area contributed by atoms with Crippen molar-refractivity contribution in [3.63, 3.8) is 0 Å². The summed E-state index contributed by atoms with van der Waals surface area (Å²) < 4.78 is 0.917. The summed E-state index contributed by atoms with van der Waals surface area (Å²) in [5, 5.41) is 3.18. The molecule has 0 spiro atoms. The number of hydrogen-bond acceptors (Lipinski definition) is 5. The molecule has 102 valence electrons. The highest BCUT2D eigenvalue weighted by Crippen LogP contribution is 2.22. The highest BCUT2D eigenvalue weighted by atomic mass is 79.9. The van der Waals surface area contributed by atoms with E-state index < -0.39 is 0 Å². The number of halogens is 1. The molecule has 1 aromatic heterocycles. The maximum absolute atomic E-state index is 5.68. The number of aliphatic imine (C=N–C) groups is 1. The first-order valence-electron chi connectivity index (χ1n) is 6.35. The summed E-state index contributed by atoms with van der Waals surface area (Å²) in [4.78, 5) is 13.5. The van der Waals surface area contributed by atoms with Crippen LogP contribution in [0.5, 0.6) is 0 Å². The molecule has 1 aliphatic rings. The number of aromatic nitrogens is 2. The van der Waals surface area contributed by atoms with Gasteiger partial charge >= 0.3 is 0 Å². The molecule has 3 rings (SSSR count). The van der Waals surface area contributed by atoms with E-state index in [1.54, 1.807) is 12.4 Å². The molecule has 6 heteroatoms. The minimum atomic E-state index is 0.338. The molecule has 0 amide bonds. The van der Waals surface area contributed by atoms with Crippen molar-refractivity contribution in [3.8, 4) is 0 Å². The lowest BCUT2D eigenvalue weighted by Crippen LogP contribution is -2.45. The molecule has 0 bridgehead atoms. The van der Waals surface area contributed by atoms with Gasteiger partial charge in [0.1, 0.15) is 5.52 Å². The van der Waals surface area contributed by atoms with Crippen LogP contribution in [0.15, 0.2) is 40.1 Å². The summed E-state index contributed by atoms with van der Waals surface area (Å²) in [5.41, 5.74) is 8.86. The Balaban J connectivity index is 1.95. The van der Waals surface area contributed by atoms with Crippen molar-refractivity contribution in [2.45, 2.75) is 6.04 Å². The lowest BCUT2D eigenvalue weighted by molar-refractivity contribution is 0.449. The van der Waals surface area contributed by atoms with E-state index in [4.69, 9.17) is 5.73 Å². The van der Waals surface area contributed by atoms with E-state index >= 15 is 0 Å². The Kier molecular flexibility index (Phi) is 3.75. The largest absolute Gasteiger partial charge is 0.404 e. The number of hydrogen-bond donors (Lipinski definition) is 2. The standard InChI is InChI=1S/C14H14BrN5/c15-11-2-1-3-12-14(11)20-13(8-19-12)9(4-16)5-18-10-6-17-7-10/h1-5,8,10,17H,6-7,16H2. The van der Waals surface area contributed by atoms with E-state index in [9.17, 15) is 0 Å². The van der Waals surface area contributed by atoms with Crippen LogP contribution >= 0.6 is 15.9 Å². The number of allylic oxidation sites excluding steroid dienone is 1.